The molecule has 2 heterocycles. The molecule has 2 fully saturated rings. The summed E-state index contributed by atoms with van der Waals surface area (Å²) < 4.78 is 10.9. The van der Waals surface area contributed by atoms with Gasteiger partial charge in [0.1, 0.15) is 12.2 Å². The summed E-state index contributed by atoms with van der Waals surface area (Å²) in [6.07, 6.45) is 1.93. The molecule has 1 atom stereocenters. The highest BCUT2D eigenvalue weighted by Crippen LogP contribution is 2.36. The van der Waals surface area contributed by atoms with Crippen LogP contribution in [0.3, 0.4) is 0 Å². The topological polar surface area (TPSA) is 67.9 Å². The summed E-state index contributed by atoms with van der Waals surface area (Å²) in [6.45, 7) is 4.63. The van der Waals surface area contributed by atoms with E-state index in [0.717, 1.165) is 24.0 Å². The number of hydrogen-bond acceptors (Lipinski definition) is 4. The van der Waals surface area contributed by atoms with Crippen molar-refractivity contribution in [2.75, 3.05) is 40.0 Å². The van der Waals surface area contributed by atoms with Gasteiger partial charge in [-0.3, -0.25) is 9.59 Å². The average molecular weight is 346 g/mol. The minimum atomic E-state index is -0.188. The maximum absolute atomic E-state index is 12.5. The number of nitrogens with one attached hydrogen (secondary N) is 1. The number of methoxy groups -OCH3 is 1. The SMILES string of the molecule is COCC(=O)NCC1CCC2(CN(C(=O)c3cccc(C)c3)C2)OC1. The smallest absolute Gasteiger partial charge is 0.254 e. The van der Waals surface area contributed by atoms with Gasteiger partial charge >= 0.3 is 0 Å². The zero-order chi connectivity index (χ0) is 17.9. The lowest BCUT2D eigenvalue weighted by atomic mass is 9.82. The zero-order valence-corrected chi connectivity index (χ0v) is 14.9. The van der Waals surface area contributed by atoms with Gasteiger partial charge < -0.3 is 19.7 Å². The number of hydrogen-bond donors (Lipinski definition) is 1. The molecule has 1 spiro atoms. The number of amides is 2. The highest BCUT2D eigenvalue weighted by molar-refractivity contribution is 5.95. The van der Waals surface area contributed by atoms with Crippen LogP contribution in [0.4, 0.5) is 0 Å². The lowest BCUT2D eigenvalue weighted by Gasteiger charge is -2.52. The molecule has 1 N–H and O–H groups in total. The molecule has 0 aliphatic carbocycles. The zero-order valence-electron chi connectivity index (χ0n) is 14.9. The van der Waals surface area contributed by atoms with Crippen molar-refractivity contribution < 1.29 is 19.1 Å². The van der Waals surface area contributed by atoms with Crippen molar-refractivity contribution in [1.82, 2.24) is 10.2 Å². The van der Waals surface area contributed by atoms with E-state index in [1.807, 2.05) is 36.1 Å². The van der Waals surface area contributed by atoms with E-state index >= 15 is 0 Å². The molecule has 0 radical (unpaired) electrons. The second-order valence-corrected chi connectivity index (χ2v) is 7.17. The molecule has 1 aromatic carbocycles. The van der Waals surface area contributed by atoms with E-state index in [9.17, 15) is 9.59 Å². The van der Waals surface area contributed by atoms with Crippen LogP contribution in [0.1, 0.15) is 28.8 Å². The third kappa shape index (κ3) is 4.19. The number of nitrogens with zero attached hydrogens (tertiary/aromatic N) is 1. The van der Waals surface area contributed by atoms with Gasteiger partial charge in [-0.1, -0.05) is 17.7 Å². The third-order valence-electron chi connectivity index (χ3n) is 5.01. The molecule has 6 nitrogen and oxygen atoms in total. The van der Waals surface area contributed by atoms with Crippen molar-refractivity contribution in [2.45, 2.75) is 25.4 Å². The first-order chi connectivity index (χ1) is 12.0. The Morgan fingerprint density at radius 1 is 1.40 bits per heavy atom. The minimum Gasteiger partial charge on any atom is -0.375 e. The summed E-state index contributed by atoms with van der Waals surface area (Å²) in [5, 5.41) is 2.86. The summed E-state index contributed by atoms with van der Waals surface area (Å²) in [7, 11) is 1.51. The second kappa shape index (κ2) is 7.54. The lowest BCUT2D eigenvalue weighted by Crippen LogP contribution is -2.66. The molecule has 3 rings (SSSR count). The molecule has 2 aliphatic rings. The number of carbonyl (C=O) groups excluding carboxylic acids is 2. The summed E-state index contributed by atoms with van der Waals surface area (Å²) >= 11 is 0. The van der Waals surface area contributed by atoms with Crippen molar-refractivity contribution >= 4 is 11.8 Å². The maximum Gasteiger partial charge on any atom is 0.254 e. The van der Waals surface area contributed by atoms with Crippen LogP contribution >= 0.6 is 0 Å². The molecule has 1 unspecified atom stereocenters. The Hall–Kier alpha value is -1.92. The van der Waals surface area contributed by atoms with Crippen molar-refractivity contribution in [3.8, 4) is 0 Å². The van der Waals surface area contributed by atoms with Crippen LogP contribution in [0.15, 0.2) is 24.3 Å². The molecule has 1 aromatic rings. The van der Waals surface area contributed by atoms with E-state index in [0.29, 0.717) is 32.2 Å². The van der Waals surface area contributed by atoms with Crippen LogP contribution in [-0.4, -0.2) is 62.3 Å². The van der Waals surface area contributed by atoms with Crippen LogP contribution in [0.25, 0.3) is 0 Å². The Morgan fingerprint density at radius 2 is 2.20 bits per heavy atom. The van der Waals surface area contributed by atoms with Gasteiger partial charge in [0.15, 0.2) is 0 Å². The number of ether oxygens (including phenoxy) is 2. The molecule has 0 bridgehead atoms. The van der Waals surface area contributed by atoms with Crippen molar-refractivity contribution in [3.05, 3.63) is 35.4 Å². The van der Waals surface area contributed by atoms with Crippen molar-refractivity contribution in [1.29, 1.82) is 0 Å². The summed E-state index contributed by atoms with van der Waals surface area (Å²) in [4.78, 5) is 25.8. The Bertz CT molecular complexity index is 630. The first kappa shape index (κ1) is 17.9. The Kier molecular flexibility index (Phi) is 5.39. The van der Waals surface area contributed by atoms with Gasteiger partial charge in [0.2, 0.25) is 5.91 Å². The predicted molar refractivity (Wildman–Crippen MR) is 93.4 cm³/mol. The predicted octanol–water partition coefficient (Wildman–Crippen LogP) is 1.38. The van der Waals surface area contributed by atoms with Gasteiger partial charge in [-0.2, -0.15) is 0 Å². The van der Waals surface area contributed by atoms with Gasteiger partial charge in [0.05, 0.1) is 19.7 Å². The van der Waals surface area contributed by atoms with E-state index in [1.165, 1.54) is 7.11 Å². The third-order valence-corrected chi connectivity index (χ3v) is 5.01. The highest BCUT2D eigenvalue weighted by Gasteiger charge is 2.48. The Balaban J connectivity index is 1.44. The standard InChI is InChI=1S/C19H26N2O4/c1-14-4-3-5-16(8-14)18(23)21-12-19(13-21)7-6-15(10-25-19)9-20-17(22)11-24-2/h3-5,8,15H,6-7,9-13H2,1-2H3,(H,20,22). The molecule has 0 aromatic heterocycles. The number of aryl methyl sites for hydroxylation is 1. The summed E-state index contributed by atoms with van der Waals surface area (Å²) in [5.74, 6) is 0.307. The van der Waals surface area contributed by atoms with Gasteiger partial charge in [0, 0.05) is 19.2 Å². The van der Waals surface area contributed by atoms with Gasteiger partial charge in [-0.05, 0) is 37.8 Å². The monoisotopic (exact) mass is 346 g/mol. The van der Waals surface area contributed by atoms with Gasteiger partial charge in [0.25, 0.3) is 5.91 Å². The normalized spacial score (nSPS) is 21.7. The molecule has 2 saturated heterocycles. The molecule has 136 valence electrons. The summed E-state index contributed by atoms with van der Waals surface area (Å²) in [6, 6.07) is 7.69. The quantitative estimate of drug-likeness (QED) is 0.875. The molecule has 0 saturated carbocycles. The number of benzene rings is 1. The maximum atomic E-state index is 12.5. The van der Waals surface area contributed by atoms with Crippen LogP contribution in [0.2, 0.25) is 0 Å². The van der Waals surface area contributed by atoms with Gasteiger partial charge in [-0.15, -0.1) is 0 Å². The Labute approximate surface area is 148 Å². The molecule has 2 amide bonds. The van der Waals surface area contributed by atoms with E-state index in [4.69, 9.17) is 9.47 Å². The first-order valence-corrected chi connectivity index (χ1v) is 8.77. The van der Waals surface area contributed by atoms with Crippen molar-refractivity contribution in [3.63, 3.8) is 0 Å². The molecular weight excluding hydrogens is 320 g/mol. The van der Waals surface area contributed by atoms with Crippen LogP contribution < -0.4 is 5.32 Å². The largest absolute Gasteiger partial charge is 0.375 e. The van der Waals surface area contributed by atoms with E-state index < -0.39 is 0 Å². The van der Waals surface area contributed by atoms with Crippen LogP contribution in [0.5, 0.6) is 0 Å². The minimum absolute atomic E-state index is 0.0758. The number of likely N-dealkylation sites (tertiary alicyclic amines) is 1. The molecule has 25 heavy (non-hydrogen) atoms. The fourth-order valence-corrected chi connectivity index (χ4v) is 3.52. The second-order valence-electron chi connectivity index (χ2n) is 7.17. The molecule has 6 heteroatoms. The number of carbonyl (C=O) groups is 2. The van der Waals surface area contributed by atoms with Crippen molar-refractivity contribution in [2.24, 2.45) is 5.92 Å². The Morgan fingerprint density at radius 3 is 2.84 bits per heavy atom. The van der Waals surface area contributed by atoms with E-state index in [-0.39, 0.29) is 24.0 Å². The van der Waals surface area contributed by atoms with Gasteiger partial charge in [-0.25, -0.2) is 0 Å². The number of rotatable bonds is 5. The van der Waals surface area contributed by atoms with Crippen LogP contribution in [0, 0.1) is 12.8 Å². The fraction of sp³-hybridized carbons (Fsp3) is 0.579. The fourth-order valence-electron chi connectivity index (χ4n) is 3.52. The average Bonchev–Trinajstić information content (AvgIpc) is 2.58. The summed E-state index contributed by atoms with van der Waals surface area (Å²) in [5.41, 5.74) is 1.64. The molecular formula is C19H26N2O4. The lowest BCUT2D eigenvalue weighted by molar-refractivity contribution is -0.166. The highest BCUT2D eigenvalue weighted by atomic mass is 16.5. The first-order valence-electron chi connectivity index (χ1n) is 8.77. The molecule has 2 aliphatic heterocycles. The van der Waals surface area contributed by atoms with E-state index in [2.05, 4.69) is 5.32 Å². The van der Waals surface area contributed by atoms with Crippen LogP contribution in [-0.2, 0) is 14.3 Å². The van der Waals surface area contributed by atoms with E-state index in [1.54, 1.807) is 0 Å².